The topological polar surface area (TPSA) is 103 Å². The zero-order chi connectivity index (χ0) is 19.3. The summed E-state index contributed by atoms with van der Waals surface area (Å²) >= 11 is 1.33. The van der Waals surface area contributed by atoms with Gasteiger partial charge in [-0.3, -0.25) is 9.59 Å². The van der Waals surface area contributed by atoms with Crippen molar-refractivity contribution in [3.63, 3.8) is 0 Å². The number of thioether (sulfide) groups is 1. The molecule has 0 unspecified atom stereocenters. The first-order valence-electron chi connectivity index (χ1n) is 8.52. The molecule has 3 N–H and O–H groups in total. The summed E-state index contributed by atoms with van der Waals surface area (Å²) in [4.78, 5) is 23.3. The zero-order valence-electron chi connectivity index (χ0n) is 15.6. The van der Waals surface area contributed by atoms with E-state index in [1.807, 2.05) is 32.3 Å². The van der Waals surface area contributed by atoms with Crippen LogP contribution in [0, 0.1) is 20.8 Å². The Morgan fingerprint density at radius 3 is 2.42 bits per heavy atom. The molecule has 1 heterocycles. The highest BCUT2D eigenvalue weighted by molar-refractivity contribution is 7.99. The summed E-state index contributed by atoms with van der Waals surface area (Å²) in [6, 6.07) is 4.10. The summed E-state index contributed by atoms with van der Waals surface area (Å²) in [6.45, 7) is 8.65. The van der Waals surface area contributed by atoms with E-state index in [0.717, 1.165) is 16.8 Å². The van der Waals surface area contributed by atoms with Gasteiger partial charge in [0.15, 0.2) is 5.16 Å². The molecule has 26 heavy (non-hydrogen) atoms. The number of nitrogens with two attached hydrogens (primary N) is 1. The average molecular weight is 375 g/mol. The highest BCUT2D eigenvalue weighted by Gasteiger charge is 2.15. The van der Waals surface area contributed by atoms with Crippen LogP contribution in [0.3, 0.4) is 0 Å². The van der Waals surface area contributed by atoms with Crippen molar-refractivity contribution in [2.24, 2.45) is 5.73 Å². The Labute approximate surface area is 157 Å². The molecule has 7 nitrogen and oxygen atoms in total. The molecule has 140 valence electrons. The number of rotatable bonds is 8. The van der Waals surface area contributed by atoms with Gasteiger partial charge in [-0.15, -0.1) is 10.2 Å². The number of primary amides is 1. The molecule has 0 bridgehead atoms. The number of nitrogens with zero attached hydrogens (tertiary/aromatic N) is 3. The smallest absolute Gasteiger partial charge is 0.234 e. The largest absolute Gasteiger partial charge is 0.370 e. The van der Waals surface area contributed by atoms with Gasteiger partial charge in [0.25, 0.3) is 0 Å². The summed E-state index contributed by atoms with van der Waals surface area (Å²) in [5.74, 6) is 0.489. The highest BCUT2D eigenvalue weighted by Crippen LogP contribution is 2.23. The number of nitrogens with one attached hydrogen (secondary N) is 1. The minimum atomic E-state index is -0.368. The molecule has 2 amide bonds. The van der Waals surface area contributed by atoms with Gasteiger partial charge in [0.1, 0.15) is 5.82 Å². The van der Waals surface area contributed by atoms with E-state index in [0.29, 0.717) is 23.9 Å². The lowest BCUT2D eigenvalue weighted by Crippen LogP contribution is -2.16. The molecular weight excluding hydrogens is 350 g/mol. The minimum Gasteiger partial charge on any atom is -0.370 e. The number of carbonyl (C=O) groups is 2. The van der Waals surface area contributed by atoms with E-state index >= 15 is 0 Å². The third-order valence-electron chi connectivity index (χ3n) is 3.98. The normalized spacial score (nSPS) is 10.8. The Kier molecular flexibility index (Phi) is 6.79. The molecule has 0 aliphatic carbocycles. The van der Waals surface area contributed by atoms with Gasteiger partial charge in [-0.05, 0) is 38.8 Å². The Balaban J connectivity index is 2.00. The van der Waals surface area contributed by atoms with Crippen molar-refractivity contribution in [1.29, 1.82) is 0 Å². The van der Waals surface area contributed by atoms with Crippen molar-refractivity contribution in [2.45, 2.75) is 52.2 Å². The standard InChI is InChI=1S/C18H25N5O2S/c1-5-23-15(7-6-14(19)24)21-22-18(23)26-10-16(25)20-17-12(3)8-11(2)9-13(17)4/h8-9H,5-7,10H2,1-4H3,(H2,19,24)(H,20,25). The second kappa shape index (κ2) is 8.84. The molecule has 0 atom stereocenters. The molecule has 0 aliphatic heterocycles. The average Bonchev–Trinajstić information content (AvgIpc) is 2.96. The van der Waals surface area contributed by atoms with Crippen LogP contribution in [0.15, 0.2) is 17.3 Å². The maximum atomic E-state index is 12.3. The van der Waals surface area contributed by atoms with Crippen LogP contribution in [0.2, 0.25) is 0 Å². The van der Waals surface area contributed by atoms with E-state index < -0.39 is 0 Å². The predicted octanol–water partition coefficient (Wildman–Crippen LogP) is 2.37. The summed E-state index contributed by atoms with van der Waals surface area (Å²) in [5, 5.41) is 11.9. The van der Waals surface area contributed by atoms with Gasteiger partial charge in [0.05, 0.1) is 5.75 Å². The first-order valence-corrected chi connectivity index (χ1v) is 9.51. The van der Waals surface area contributed by atoms with Gasteiger partial charge in [-0.25, -0.2) is 0 Å². The fourth-order valence-corrected chi connectivity index (χ4v) is 3.67. The number of aromatic nitrogens is 3. The lowest BCUT2D eigenvalue weighted by Gasteiger charge is -2.13. The van der Waals surface area contributed by atoms with Gasteiger partial charge in [0.2, 0.25) is 11.8 Å². The second-order valence-corrected chi connectivity index (χ2v) is 7.16. The SMILES string of the molecule is CCn1c(CCC(N)=O)nnc1SCC(=O)Nc1c(C)cc(C)cc1C. The molecule has 0 saturated heterocycles. The number of benzene rings is 1. The van der Waals surface area contributed by atoms with Crippen LogP contribution in [0.5, 0.6) is 0 Å². The first-order chi connectivity index (χ1) is 12.3. The number of anilines is 1. The van der Waals surface area contributed by atoms with Gasteiger partial charge in [-0.1, -0.05) is 29.5 Å². The fourth-order valence-electron chi connectivity index (χ4n) is 2.85. The summed E-state index contributed by atoms with van der Waals surface area (Å²) in [7, 11) is 0. The molecule has 1 aromatic heterocycles. The third kappa shape index (κ3) is 5.08. The van der Waals surface area contributed by atoms with Gasteiger partial charge in [0, 0.05) is 25.1 Å². The summed E-state index contributed by atoms with van der Waals surface area (Å²) in [5.41, 5.74) is 9.32. The molecule has 8 heteroatoms. The van der Waals surface area contributed by atoms with Crippen LogP contribution in [0.1, 0.15) is 35.9 Å². The number of hydrogen-bond donors (Lipinski definition) is 2. The number of carbonyl (C=O) groups excluding carboxylic acids is 2. The molecule has 2 rings (SSSR count). The van der Waals surface area contributed by atoms with E-state index in [2.05, 4.69) is 27.6 Å². The van der Waals surface area contributed by atoms with E-state index in [1.165, 1.54) is 17.3 Å². The fraction of sp³-hybridized carbons (Fsp3) is 0.444. The van der Waals surface area contributed by atoms with Crippen molar-refractivity contribution < 1.29 is 9.59 Å². The number of amides is 2. The third-order valence-corrected chi connectivity index (χ3v) is 4.95. The van der Waals surface area contributed by atoms with Gasteiger partial charge >= 0.3 is 0 Å². The predicted molar refractivity (Wildman–Crippen MR) is 103 cm³/mol. The summed E-state index contributed by atoms with van der Waals surface area (Å²) in [6.07, 6.45) is 0.681. The zero-order valence-corrected chi connectivity index (χ0v) is 16.4. The van der Waals surface area contributed by atoms with Crippen molar-refractivity contribution in [1.82, 2.24) is 14.8 Å². The van der Waals surface area contributed by atoms with Crippen LogP contribution in [0.4, 0.5) is 5.69 Å². The maximum Gasteiger partial charge on any atom is 0.234 e. The quantitative estimate of drug-likeness (QED) is 0.690. The van der Waals surface area contributed by atoms with E-state index in [-0.39, 0.29) is 24.0 Å². The van der Waals surface area contributed by atoms with Crippen LogP contribution in [-0.4, -0.2) is 32.3 Å². The monoisotopic (exact) mass is 375 g/mol. The Morgan fingerprint density at radius 2 is 1.85 bits per heavy atom. The summed E-state index contributed by atoms with van der Waals surface area (Å²) < 4.78 is 1.91. The van der Waals surface area contributed by atoms with Crippen molar-refractivity contribution >= 4 is 29.3 Å². The van der Waals surface area contributed by atoms with Crippen LogP contribution in [-0.2, 0) is 22.6 Å². The molecule has 0 aliphatic rings. The van der Waals surface area contributed by atoms with Crippen LogP contribution in [0.25, 0.3) is 0 Å². The van der Waals surface area contributed by atoms with E-state index in [4.69, 9.17) is 5.73 Å². The van der Waals surface area contributed by atoms with Crippen molar-refractivity contribution in [3.05, 3.63) is 34.6 Å². The minimum absolute atomic E-state index is 0.0885. The lowest BCUT2D eigenvalue weighted by atomic mass is 10.1. The molecule has 0 spiro atoms. The van der Waals surface area contributed by atoms with E-state index in [1.54, 1.807) is 0 Å². The van der Waals surface area contributed by atoms with Gasteiger partial charge < -0.3 is 15.6 Å². The molecule has 0 fully saturated rings. The molecule has 1 aromatic carbocycles. The number of hydrogen-bond acceptors (Lipinski definition) is 5. The van der Waals surface area contributed by atoms with Crippen LogP contribution >= 0.6 is 11.8 Å². The molecule has 2 aromatic rings. The highest BCUT2D eigenvalue weighted by atomic mass is 32.2. The molecule has 0 saturated carbocycles. The van der Waals surface area contributed by atoms with Crippen molar-refractivity contribution in [2.75, 3.05) is 11.1 Å². The van der Waals surface area contributed by atoms with E-state index in [9.17, 15) is 9.59 Å². The van der Waals surface area contributed by atoms with Gasteiger partial charge in [-0.2, -0.15) is 0 Å². The second-order valence-electron chi connectivity index (χ2n) is 6.22. The Morgan fingerprint density at radius 1 is 1.19 bits per heavy atom. The Bertz CT molecular complexity index is 793. The number of aryl methyl sites for hydroxylation is 4. The maximum absolute atomic E-state index is 12.3. The molecular formula is C18H25N5O2S. The van der Waals surface area contributed by atoms with Crippen LogP contribution < -0.4 is 11.1 Å². The van der Waals surface area contributed by atoms with Crippen molar-refractivity contribution in [3.8, 4) is 0 Å². The Hall–Kier alpha value is -2.35. The lowest BCUT2D eigenvalue weighted by molar-refractivity contribution is -0.118. The first kappa shape index (κ1) is 20.0. The molecule has 0 radical (unpaired) electrons.